The van der Waals surface area contributed by atoms with Crippen molar-refractivity contribution in [2.45, 2.75) is 19.5 Å². The summed E-state index contributed by atoms with van der Waals surface area (Å²) in [6.45, 7) is 3.20. The predicted octanol–water partition coefficient (Wildman–Crippen LogP) is 3.49. The Bertz CT molecular complexity index is 694. The van der Waals surface area contributed by atoms with Crippen LogP contribution in [0.25, 0.3) is 0 Å². The Morgan fingerprint density at radius 3 is 2.60 bits per heavy atom. The molecule has 1 atom stereocenters. The summed E-state index contributed by atoms with van der Waals surface area (Å²) in [6, 6.07) is 13.0. The molecule has 2 rings (SSSR count). The molecule has 0 aliphatic heterocycles. The smallest absolute Gasteiger partial charge is 0.237 e. The molecule has 1 amide bonds. The van der Waals surface area contributed by atoms with Crippen molar-refractivity contribution in [1.29, 1.82) is 0 Å². The van der Waals surface area contributed by atoms with Crippen LogP contribution in [0.1, 0.15) is 12.5 Å². The van der Waals surface area contributed by atoms with E-state index < -0.39 is 0 Å². The zero-order valence-corrected chi connectivity index (χ0v) is 15.1. The number of hydrogen-bond acceptors (Lipinski definition) is 3. The van der Waals surface area contributed by atoms with E-state index in [0.29, 0.717) is 30.5 Å². The van der Waals surface area contributed by atoms with E-state index in [1.807, 2.05) is 37.1 Å². The van der Waals surface area contributed by atoms with Crippen molar-refractivity contribution >= 4 is 17.5 Å². The van der Waals surface area contributed by atoms with Gasteiger partial charge in [-0.3, -0.25) is 9.69 Å². The molecule has 0 saturated carbocycles. The summed E-state index contributed by atoms with van der Waals surface area (Å²) in [4.78, 5) is 14.2. The number of benzene rings is 2. The van der Waals surface area contributed by atoms with Gasteiger partial charge in [0, 0.05) is 18.1 Å². The van der Waals surface area contributed by atoms with Crippen LogP contribution in [0.5, 0.6) is 5.75 Å². The van der Waals surface area contributed by atoms with E-state index >= 15 is 0 Å². The van der Waals surface area contributed by atoms with Crippen molar-refractivity contribution in [3.05, 3.63) is 64.9 Å². The highest BCUT2D eigenvalue weighted by Gasteiger charge is 2.17. The van der Waals surface area contributed by atoms with Crippen LogP contribution in [-0.4, -0.2) is 37.0 Å². The molecule has 0 heterocycles. The third-order valence-electron chi connectivity index (χ3n) is 3.98. The molecule has 0 radical (unpaired) electrons. The van der Waals surface area contributed by atoms with E-state index in [0.717, 1.165) is 5.56 Å². The van der Waals surface area contributed by atoms with Crippen molar-refractivity contribution in [3.63, 3.8) is 0 Å². The van der Waals surface area contributed by atoms with Crippen LogP contribution < -0.4 is 10.1 Å². The van der Waals surface area contributed by atoms with E-state index in [-0.39, 0.29) is 17.8 Å². The molecule has 1 N–H and O–H groups in total. The van der Waals surface area contributed by atoms with Gasteiger partial charge in [0.25, 0.3) is 0 Å². The fourth-order valence-electron chi connectivity index (χ4n) is 2.20. The van der Waals surface area contributed by atoms with E-state index in [9.17, 15) is 9.18 Å². The molecule has 0 bridgehead atoms. The Morgan fingerprint density at radius 2 is 1.92 bits per heavy atom. The normalized spacial score (nSPS) is 12.0. The maximum Gasteiger partial charge on any atom is 0.237 e. The molecular formula is C19H22ClFN2O2. The minimum atomic E-state index is -0.306. The molecule has 25 heavy (non-hydrogen) atoms. The van der Waals surface area contributed by atoms with Gasteiger partial charge in [-0.2, -0.15) is 0 Å². The molecule has 2 aromatic rings. The summed E-state index contributed by atoms with van der Waals surface area (Å²) >= 11 is 6.08. The number of nitrogens with one attached hydrogen (secondary N) is 1. The molecule has 6 heteroatoms. The summed E-state index contributed by atoms with van der Waals surface area (Å²) in [7, 11) is 1.85. The number of amides is 1. The molecule has 134 valence electrons. The topological polar surface area (TPSA) is 41.6 Å². The summed E-state index contributed by atoms with van der Waals surface area (Å²) in [5.74, 6) is 0.225. The second kappa shape index (κ2) is 9.39. The number of rotatable bonds is 8. The number of hydrogen-bond donors (Lipinski definition) is 1. The van der Waals surface area contributed by atoms with Gasteiger partial charge in [0.1, 0.15) is 18.2 Å². The number of likely N-dealkylation sites (N-methyl/N-ethyl adjacent to an activating group) is 1. The Morgan fingerprint density at radius 1 is 1.24 bits per heavy atom. The Labute approximate surface area is 152 Å². The molecule has 0 aliphatic carbocycles. The van der Waals surface area contributed by atoms with Gasteiger partial charge in [0.2, 0.25) is 5.91 Å². The monoisotopic (exact) mass is 364 g/mol. The van der Waals surface area contributed by atoms with Crippen molar-refractivity contribution in [3.8, 4) is 5.75 Å². The molecule has 0 fully saturated rings. The molecule has 0 saturated heterocycles. The first kappa shape index (κ1) is 19.2. The molecule has 1 unspecified atom stereocenters. The lowest BCUT2D eigenvalue weighted by molar-refractivity contribution is -0.125. The first-order valence-corrected chi connectivity index (χ1v) is 8.45. The molecular weight excluding hydrogens is 343 g/mol. The van der Waals surface area contributed by atoms with Crippen LogP contribution >= 0.6 is 11.6 Å². The first-order chi connectivity index (χ1) is 12.0. The van der Waals surface area contributed by atoms with Crippen LogP contribution in [0.4, 0.5) is 4.39 Å². The minimum absolute atomic E-state index is 0.0794. The Balaban J connectivity index is 1.74. The third kappa shape index (κ3) is 6.03. The SMILES string of the molecule is CC(C(=O)NCc1ccccc1Cl)N(C)CCOc1ccc(F)cc1. The predicted molar refractivity (Wildman–Crippen MR) is 97.3 cm³/mol. The van der Waals surface area contributed by atoms with Gasteiger partial charge in [-0.25, -0.2) is 4.39 Å². The second-order valence-electron chi connectivity index (χ2n) is 5.77. The lowest BCUT2D eigenvalue weighted by Gasteiger charge is -2.24. The third-order valence-corrected chi connectivity index (χ3v) is 4.35. The van der Waals surface area contributed by atoms with E-state index in [1.165, 1.54) is 12.1 Å². The molecule has 2 aromatic carbocycles. The van der Waals surface area contributed by atoms with Crippen LogP contribution in [-0.2, 0) is 11.3 Å². The second-order valence-corrected chi connectivity index (χ2v) is 6.18. The van der Waals surface area contributed by atoms with Gasteiger partial charge >= 0.3 is 0 Å². The molecule has 0 aromatic heterocycles. The zero-order valence-electron chi connectivity index (χ0n) is 14.3. The fraction of sp³-hybridized carbons (Fsp3) is 0.316. The van der Waals surface area contributed by atoms with Crippen molar-refractivity contribution in [2.24, 2.45) is 0 Å². The van der Waals surface area contributed by atoms with Crippen molar-refractivity contribution < 1.29 is 13.9 Å². The summed E-state index contributed by atoms with van der Waals surface area (Å²) in [6.07, 6.45) is 0. The zero-order chi connectivity index (χ0) is 18.2. The van der Waals surface area contributed by atoms with Crippen LogP contribution in [0.3, 0.4) is 0 Å². The largest absolute Gasteiger partial charge is 0.492 e. The molecule has 0 aliphatic rings. The number of halogens is 2. The average Bonchev–Trinajstić information content (AvgIpc) is 2.61. The van der Waals surface area contributed by atoms with Gasteiger partial charge in [-0.05, 0) is 49.9 Å². The van der Waals surface area contributed by atoms with Crippen LogP contribution in [0, 0.1) is 5.82 Å². The Kier molecular flexibility index (Phi) is 7.22. The van der Waals surface area contributed by atoms with Gasteiger partial charge in [0.15, 0.2) is 0 Å². The van der Waals surface area contributed by atoms with E-state index in [2.05, 4.69) is 5.32 Å². The van der Waals surface area contributed by atoms with Crippen molar-refractivity contribution in [1.82, 2.24) is 10.2 Å². The van der Waals surface area contributed by atoms with Crippen LogP contribution in [0.2, 0.25) is 5.02 Å². The first-order valence-electron chi connectivity index (χ1n) is 8.07. The lowest BCUT2D eigenvalue weighted by atomic mass is 10.2. The number of nitrogens with zero attached hydrogens (tertiary/aromatic N) is 1. The van der Waals surface area contributed by atoms with Gasteiger partial charge in [-0.1, -0.05) is 29.8 Å². The highest BCUT2D eigenvalue weighted by atomic mass is 35.5. The maximum absolute atomic E-state index is 12.8. The van der Waals surface area contributed by atoms with Gasteiger partial charge < -0.3 is 10.1 Å². The maximum atomic E-state index is 12.8. The molecule has 0 spiro atoms. The number of carbonyl (C=O) groups is 1. The standard InChI is InChI=1S/C19H22ClFN2O2/c1-14(19(24)22-13-15-5-3-4-6-18(15)20)23(2)11-12-25-17-9-7-16(21)8-10-17/h3-10,14H,11-13H2,1-2H3,(H,22,24). The average molecular weight is 365 g/mol. The quantitative estimate of drug-likeness (QED) is 0.779. The highest BCUT2D eigenvalue weighted by molar-refractivity contribution is 6.31. The van der Waals surface area contributed by atoms with Crippen LogP contribution in [0.15, 0.2) is 48.5 Å². The van der Waals surface area contributed by atoms with E-state index in [4.69, 9.17) is 16.3 Å². The summed E-state index contributed by atoms with van der Waals surface area (Å²) in [5, 5.41) is 3.52. The van der Waals surface area contributed by atoms with Gasteiger partial charge in [0.05, 0.1) is 6.04 Å². The minimum Gasteiger partial charge on any atom is -0.492 e. The fourth-order valence-corrected chi connectivity index (χ4v) is 2.41. The summed E-state index contributed by atoms with van der Waals surface area (Å²) < 4.78 is 18.4. The number of carbonyl (C=O) groups excluding carboxylic acids is 1. The number of ether oxygens (including phenoxy) is 1. The van der Waals surface area contributed by atoms with E-state index in [1.54, 1.807) is 18.2 Å². The lowest BCUT2D eigenvalue weighted by Crippen LogP contribution is -2.44. The van der Waals surface area contributed by atoms with Crippen molar-refractivity contribution in [2.75, 3.05) is 20.2 Å². The Hall–Kier alpha value is -2.11. The summed E-state index contributed by atoms with van der Waals surface area (Å²) in [5.41, 5.74) is 0.881. The molecule has 4 nitrogen and oxygen atoms in total. The van der Waals surface area contributed by atoms with Gasteiger partial charge in [-0.15, -0.1) is 0 Å². The highest BCUT2D eigenvalue weighted by Crippen LogP contribution is 2.14.